The van der Waals surface area contributed by atoms with Crippen molar-refractivity contribution in [3.63, 3.8) is 0 Å². The lowest BCUT2D eigenvalue weighted by atomic mass is 14.1. The van der Waals surface area contributed by atoms with E-state index < -0.39 is 15.9 Å². The maximum atomic E-state index is 9.09. The molecule has 0 amide bonds. The molecule has 0 aliphatic rings. The summed E-state index contributed by atoms with van der Waals surface area (Å²) < 4.78 is 8.02. The minimum Gasteiger partial charge on any atom is -0.303 e. The highest BCUT2D eigenvalue weighted by atomic mass is 27.2. The van der Waals surface area contributed by atoms with Crippen LogP contribution in [0.15, 0.2) is 0 Å². The quantitative estimate of drug-likeness (QED) is 0.135. The first-order chi connectivity index (χ1) is 9.41. The molecule has 0 aromatic heterocycles. The van der Waals surface area contributed by atoms with E-state index in [1.54, 1.807) is 0 Å². The van der Waals surface area contributed by atoms with Crippen molar-refractivity contribution in [3.05, 3.63) is 0 Å². The van der Waals surface area contributed by atoms with Gasteiger partial charge in [0.1, 0.15) is 0 Å². The van der Waals surface area contributed by atoms with Crippen molar-refractivity contribution in [1.82, 2.24) is 0 Å². The molecule has 0 saturated carbocycles. The Hall–Kier alpha value is -0.188. The van der Waals surface area contributed by atoms with Crippen LogP contribution in [0.4, 0.5) is 0 Å². The standard InChI is InChI=1S/Al.2HO9/c;2*1-3-5-7-9-8-6-4-2/h;2*1H/q+2;;/p-2. The van der Waals surface area contributed by atoms with Crippen molar-refractivity contribution < 1.29 is 88.9 Å². The molecular weight excluding hydrogens is 315 g/mol. The molecule has 0 N–H and O–H groups in total. The average Bonchev–Trinajstić information content (AvgIpc) is 2.43. The maximum absolute atomic E-state index is 9.09. The molecule has 0 fully saturated rings. The van der Waals surface area contributed by atoms with Gasteiger partial charge in [0.25, 0.3) is 0 Å². The molecule has 18 nitrogen and oxygen atoms in total. The Bertz CT molecular complexity index is 129. The van der Waals surface area contributed by atoms with Gasteiger partial charge in [-0.2, -0.15) is 0 Å². The smallest absolute Gasteiger partial charge is 0.303 e. The Morgan fingerprint density at radius 1 is 0.421 bits per heavy atom. The Morgan fingerprint density at radius 3 is 1.11 bits per heavy atom. The Labute approximate surface area is 106 Å². The zero-order valence-electron chi connectivity index (χ0n) is 7.93. The molecule has 0 spiro atoms. The highest BCUT2D eigenvalue weighted by molar-refractivity contribution is 6.16. The van der Waals surface area contributed by atoms with Crippen LogP contribution in [-0.4, -0.2) is 15.9 Å². The van der Waals surface area contributed by atoms with Crippen LogP contribution >= 0.6 is 0 Å². The normalized spacial score (nSPS) is 10.8. The van der Waals surface area contributed by atoms with Crippen LogP contribution in [-0.2, 0) is 88.9 Å². The molecule has 19 heteroatoms. The first-order valence-corrected chi connectivity index (χ1v) is 4.08. The van der Waals surface area contributed by atoms with Crippen molar-refractivity contribution in [2.45, 2.75) is 0 Å². The predicted octanol–water partition coefficient (Wildman–Crippen LogP) is -1.71. The first-order valence-electron chi connectivity index (χ1n) is 3.14. The summed E-state index contributed by atoms with van der Waals surface area (Å²) in [5.74, 6) is 0. The van der Waals surface area contributed by atoms with Crippen molar-refractivity contribution in [1.29, 1.82) is 0 Å². The predicted molar refractivity (Wildman–Crippen MR) is 24.5 cm³/mol. The number of hydrogen-bond acceptors (Lipinski definition) is 16. The molecular formula is AlO18. The lowest BCUT2D eigenvalue weighted by Gasteiger charge is -1.99. The molecule has 0 aliphatic heterocycles. The second-order valence-corrected chi connectivity index (χ2v) is 1.82. The highest BCUT2D eigenvalue weighted by Gasteiger charge is 2.04. The summed E-state index contributed by atoms with van der Waals surface area (Å²) in [6.07, 6.45) is 0. The Balaban J connectivity index is 2.88. The minimum absolute atomic E-state index is 1.47. The molecule has 111 valence electrons. The topological polar surface area (TPSA) is 187 Å². The molecule has 0 bridgehead atoms. The fourth-order valence-corrected chi connectivity index (χ4v) is 0.354. The lowest BCUT2D eigenvalue weighted by molar-refractivity contribution is -0.834. The summed E-state index contributed by atoms with van der Waals surface area (Å²) in [5, 5.41) is 64.6. The fourth-order valence-electron chi connectivity index (χ4n) is 0.194. The van der Waals surface area contributed by atoms with E-state index in [9.17, 15) is 0 Å². The van der Waals surface area contributed by atoms with Gasteiger partial charge in [-0.15, -0.1) is 0 Å². The third kappa shape index (κ3) is 17.8. The molecule has 0 rings (SSSR count). The summed E-state index contributed by atoms with van der Waals surface area (Å²) in [6, 6.07) is 0. The third-order valence-corrected chi connectivity index (χ3v) is 0.805. The van der Waals surface area contributed by atoms with Crippen molar-refractivity contribution in [3.8, 4) is 0 Å². The molecule has 19 heavy (non-hydrogen) atoms. The zero-order chi connectivity index (χ0) is 14.0. The summed E-state index contributed by atoms with van der Waals surface area (Å²) in [6.45, 7) is 0. The average molecular weight is 315 g/mol. The van der Waals surface area contributed by atoms with Crippen LogP contribution < -0.4 is 0 Å². The van der Waals surface area contributed by atoms with E-state index in [2.05, 4.69) is 78.4 Å². The summed E-state index contributed by atoms with van der Waals surface area (Å²) >= 11 is -1.47. The highest BCUT2D eigenvalue weighted by Crippen LogP contribution is 1.90. The van der Waals surface area contributed by atoms with Crippen LogP contribution in [0.25, 0.3) is 0 Å². The van der Waals surface area contributed by atoms with E-state index in [0.717, 1.165) is 0 Å². The van der Waals surface area contributed by atoms with E-state index in [0.29, 0.717) is 0 Å². The third-order valence-electron chi connectivity index (χ3n) is 0.490. The van der Waals surface area contributed by atoms with E-state index >= 15 is 0 Å². The zero-order valence-corrected chi connectivity index (χ0v) is 9.08. The Kier molecular flexibility index (Phi) is 17.6. The molecule has 0 saturated heterocycles. The van der Waals surface area contributed by atoms with Crippen LogP contribution in [0.2, 0.25) is 0 Å². The van der Waals surface area contributed by atoms with Gasteiger partial charge in [-0.1, -0.05) is 10.1 Å². The lowest BCUT2D eigenvalue weighted by Crippen LogP contribution is -2.09. The maximum Gasteiger partial charge on any atom is 0.743 e. The Morgan fingerprint density at radius 2 is 0.737 bits per heavy atom. The SMILES string of the molecule is [O]OOOOOOO[O][Al][O]OOOOOOO[O]. The second kappa shape index (κ2) is 17.8. The van der Waals surface area contributed by atoms with Gasteiger partial charge in [-0.3, -0.25) is 0 Å². The van der Waals surface area contributed by atoms with Crippen molar-refractivity contribution in [2.24, 2.45) is 0 Å². The monoisotopic (exact) mass is 315 g/mol. The summed E-state index contributed by atoms with van der Waals surface area (Å²) in [5.41, 5.74) is 0. The number of hydrogen-bond donors (Lipinski definition) is 0. The number of rotatable bonds is 16. The molecule has 0 aliphatic carbocycles. The van der Waals surface area contributed by atoms with Gasteiger partial charge in [-0.05, 0) is 71.0 Å². The van der Waals surface area contributed by atoms with E-state index in [4.69, 9.17) is 10.5 Å². The molecule has 0 heterocycles. The van der Waals surface area contributed by atoms with Gasteiger partial charge in [0, 0.05) is 0 Å². The first kappa shape index (κ1) is 18.8. The van der Waals surface area contributed by atoms with Crippen LogP contribution in [0, 0.1) is 0 Å². The van der Waals surface area contributed by atoms with Crippen LogP contribution in [0.5, 0.6) is 0 Å². The van der Waals surface area contributed by atoms with E-state index in [1.165, 1.54) is 0 Å². The van der Waals surface area contributed by atoms with Crippen molar-refractivity contribution in [2.75, 3.05) is 0 Å². The molecule has 3 radical (unpaired) electrons. The minimum atomic E-state index is -1.47. The van der Waals surface area contributed by atoms with Crippen LogP contribution in [0.1, 0.15) is 0 Å². The van der Waals surface area contributed by atoms with Gasteiger partial charge in [-0.25, -0.2) is 0 Å². The van der Waals surface area contributed by atoms with Gasteiger partial charge < -0.3 is 7.88 Å². The van der Waals surface area contributed by atoms with Gasteiger partial charge in [0.2, 0.25) is 0 Å². The molecule has 0 aromatic carbocycles. The van der Waals surface area contributed by atoms with Gasteiger partial charge in [0.05, 0.1) is 0 Å². The van der Waals surface area contributed by atoms with Crippen molar-refractivity contribution >= 4 is 15.9 Å². The molecule has 0 atom stereocenters. The largest absolute Gasteiger partial charge is 0.743 e. The second-order valence-electron chi connectivity index (χ2n) is 1.24. The van der Waals surface area contributed by atoms with E-state index in [-0.39, 0.29) is 0 Å². The van der Waals surface area contributed by atoms with Gasteiger partial charge in [0.15, 0.2) is 0 Å². The summed E-state index contributed by atoms with van der Waals surface area (Å²) in [7, 11) is 0. The van der Waals surface area contributed by atoms with Crippen LogP contribution in [0.3, 0.4) is 0 Å². The molecule has 0 unspecified atom stereocenters. The molecule has 0 aromatic rings. The summed E-state index contributed by atoms with van der Waals surface area (Å²) in [4.78, 5) is 0. The fraction of sp³-hybridized carbons (Fsp3) is 0. The van der Waals surface area contributed by atoms with E-state index in [1.807, 2.05) is 0 Å². The van der Waals surface area contributed by atoms with Gasteiger partial charge >= 0.3 is 15.9 Å².